The quantitative estimate of drug-likeness (QED) is 0.805. The predicted octanol–water partition coefficient (Wildman–Crippen LogP) is 0.579. The number of nitrogens with zero attached hydrogens (tertiary/aromatic N) is 3. The van der Waals surface area contributed by atoms with E-state index >= 15 is 0 Å². The summed E-state index contributed by atoms with van der Waals surface area (Å²) in [6, 6.07) is 5.82. The third-order valence-electron chi connectivity index (χ3n) is 3.30. The van der Waals surface area contributed by atoms with Gasteiger partial charge in [0, 0.05) is 0 Å². The summed E-state index contributed by atoms with van der Waals surface area (Å²) >= 11 is 0. The van der Waals surface area contributed by atoms with E-state index in [9.17, 15) is 14.4 Å². The maximum atomic E-state index is 12.6. The standard InChI is InChI=1S/C15H18N4O4/c1-9(2)7-12(14(22)16-8-13(20)21)19-15(23)10-5-3-4-6-11(10)17-18-19/h3-6,9,12H,7-8H2,1-2H3,(H,16,22)(H,20,21)/t12-/m0/s1. The second-order valence-electron chi connectivity index (χ2n) is 5.61. The van der Waals surface area contributed by atoms with Crippen molar-refractivity contribution in [3.8, 4) is 0 Å². The van der Waals surface area contributed by atoms with Gasteiger partial charge in [0.05, 0.1) is 5.39 Å². The highest BCUT2D eigenvalue weighted by molar-refractivity contribution is 5.84. The van der Waals surface area contributed by atoms with E-state index in [4.69, 9.17) is 5.11 Å². The van der Waals surface area contributed by atoms with Crippen LogP contribution in [0, 0.1) is 5.92 Å². The predicted molar refractivity (Wildman–Crippen MR) is 82.9 cm³/mol. The van der Waals surface area contributed by atoms with Crippen LogP contribution in [0.25, 0.3) is 10.9 Å². The third kappa shape index (κ3) is 3.91. The Labute approximate surface area is 132 Å². The zero-order chi connectivity index (χ0) is 17.0. The van der Waals surface area contributed by atoms with Crippen molar-refractivity contribution in [1.29, 1.82) is 0 Å². The molecule has 2 rings (SSSR count). The lowest BCUT2D eigenvalue weighted by Crippen LogP contribution is -2.41. The van der Waals surface area contributed by atoms with E-state index in [2.05, 4.69) is 15.6 Å². The molecule has 1 atom stereocenters. The van der Waals surface area contributed by atoms with Crippen molar-refractivity contribution < 1.29 is 14.7 Å². The van der Waals surface area contributed by atoms with E-state index in [1.807, 2.05) is 13.8 Å². The Balaban J connectivity index is 2.43. The van der Waals surface area contributed by atoms with Gasteiger partial charge in [-0.2, -0.15) is 4.68 Å². The molecule has 0 radical (unpaired) electrons. The molecule has 0 saturated carbocycles. The number of fused-ring (bicyclic) bond motifs is 1. The first kappa shape index (κ1) is 16.6. The summed E-state index contributed by atoms with van der Waals surface area (Å²) in [5.41, 5.74) is 0.0229. The van der Waals surface area contributed by atoms with E-state index in [1.54, 1.807) is 24.3 Å². The number of rotatable bonds is 6. The number of aromatic nitrogens is 3. The minimum atomic E-state index is -1.15. The molecule has 0 saturated heterocycles. The van der Waals surface area contributed by atoms with Crippen LogP contribution in [0.2, 0.25) is 0 Å². The fourth-order valence-corrected chi connectivity index (χ4v) is 2.25. The van der Waals surface area contributed by atoms with E-state index in [1.165, 1.54) is 0 Å². The summed E-state index contributed by atoms with van der Waals surface area (Å²) in [7, 11) is 0. The number of aliphatic carboxylic acids is 1. The van der Waals surface area contributed by atoms with Crippen LogP contribution in [-0.4, -0.2) is 38.5 Å². The number of hydrogen-bond acceptors (Lipinski definition) is 5. The van der Waals surface area contributed by atoms with Gasteiger partial charge in [-0.05, 0) is 24.5 Å². The molecule has 0 aliphatic heterocycles. The van der Waals surface area contributed by atoms with Gasteiger partial charge in [0.1, 0.15) is 18.1 Å². The molecule has 1 amide bonds. The summed E-state index contributed by atoms with van der Waals surface area (Å²) in [6.45, 7) is 3.29. The third-order valence-corrected chi connectivity index (χ3v) is 3.30. The van der Waals surface area contributed by atoms with Crippen LogP contribution in [0.3, 0.4) is 0 Å². The average Bonchev–Trinajstić information content (AvgIpc) is 2.51. The molecule has 8 heteroatoms. The molecule has 0 aliphatic carbocycles. The van der Waals surface area contributed by atoms with Crippen molar-refractivity contribution in [3.05, 3.63) is 34.6 Å². The van der Waals surface area contributed by atoms with Crippen molar-refractivity contribution in [1.82, 2.24) is 20.3 Å². The van der Waals surface area contributed by atoms with Gasteiger partial charge < -0.3 is 10.4 Å². The molecule has 8 nitrogen and oxygen atoms in total. The van der Waals surface area contributed by atoms with Crippen LogP contribution < -0.4 is 10.9 Å². The number of hydrogen-bond donors (Lipinski definition) is 2. The molecule has 2 N–H and O–H groups in total. The van der Waals surface area contributed by atoms with Crippen molar-refractivity contribution in [3.63, 3.8) is 0 Å². The average molecular weight is 318 g/mol. The zero-order valence-electron chi connectivity index (χ0n) is 12.9. The van der Waals surface area contributed by atoms with Crippen molar-refractivity contribution in [2.45, 2.75) is 26.3 Å². The smallest absolute Gasteiger partial charge is 0.322 e. The van der Waals surface area contributed by atoms with E-state index in [0.717, 1.165) is 4.68 Å². The number of benzene rings is 1. The highest BCUT2D eigenvalue weighted by atomic mass is 16.4. The monoisotopic (exact) mass is 318 g/mol. The van der Waals surface area contributed by atoms with Crippen molar-refractivity contribution in [2.75, 3.05) is 6.54 Å². The highest BCUT2D eigenvalue weighted by Gasteiger charge is 2.25. The molecule has 0 fully saturated rings. The SMILES string of the molecule is CC(C)C[C@@H](C(=O)NCC(=O)O)n1nnc2ccccc2c1=O. The molecule has 0 aliphatic rings. The molecule has 23 heavy (non-hydrogen) atoms. The van der Waals surface area contributed by atoms with E-state index < -0.39 is 30.0 Å². The van der Waals surface area contributed by atoms with Gasteiger partial charge in [-0.25, -0.2) is 0 Å². The summed E-state index contributed by atoms with van der Waals surface area (Å²) in [4.78, 5) is 35.4. The molecule has 1 aromatic carbocycles. The molecule has 0 spiro atoms. The summed E-state index contributed by atoms with van der Waals surface area (Å²) < 4.78 is 1.03. The fourth-order valence-electron chi connectivity index (χ4n) is 2.25. The molecule has 122 valence electrons. The van der Waals surface area contributed by atoms with Crippen LogP contribution in [0.15, 0.2) is 29.1 Å². The van der Waals surface area contributed by atoms with Gasteiger partial charge in [0.15, 0.2) is 0 Å². The second kappa shape index (κ2) is 6.99. The van der Waals surface area contributed by atoms with Crippen molar-refractivity contribution in [2.24, 2.45) is 5.92 Å². The maximum absolute atomic E-state index is 12.6. The Morgan fingerprint density at radius 1 is 1.30 bits per heavy atom. The Bertz CT molecular complexity index is 784. The van der Waals surface area contributed by atoms with Crippen molar-refractivity contribution >= 4 is 22.8 Å². The number of carboxylic acids is 1. The Morgan fingerprint density at radius 2 is 2.00 bits per heavy atom. The number of carbonyl (C=O) groups is 2. The van der Waals surface area contributed by atoms with Crippen LogP contribution in [0.5, 0.6) is 0 Å². The van der Waals surface area contributed by atoms with E-state index in [0.29, 0.717) is 17.3 Å². The Morgan fingerprint density at radius 3 is 2.65 bits per heavy atom. The summed E-state index contributed by atoms with van der Waals surface area (Å²) in [6.07, 6.45) is 0.346. The molecule has 0 unspecified atom stereocenters. The van der Waals surface area contributed by atoms with Gasteiger partial charge in [-0.3, -0.25) is 14.4 Å². The number of carbonyl (C=O) groups excluding carboxylic acids is 1. The van der Waals surface area contributed by atoms with E-state index in [-0.39, 0.29) is 5.92 Å². The lowest BCUT2D eigenvalue weighted by Gasteiger charge is -2.19. The molecule has 2 aromatic rings. The summed E-state index contributed by atoms with van der Waals surface area (Å²) in [5, 5.41) is 19.2. The Hall–Kier alpha value is -2.77. The molecule has 1 aromatic heterocycles. The van der Waals surface area contributed by atoms with Crippen LogP contribution >= 0.6 is 0 Å². The maximum Gasteiger partial charge on any atom is 0.322 e. The molecular weight excluding hydrogens is 300 g/mol. The van der Waals surface area contributed by atoms with Gasteiger partial charge in [-0.15, -0.1) is 5.10 Å². The van der Waals surface area contributed by atoms with Gasteiger partial charge >= 0.3 is 5.97 Å². The first-order chi connectivity index (χ1) is 10.9. The number of carboxylic acid groups (broad SMARTS) is 1. The lowest BCUT2D eigenvalue weighted by atomic mass is 10.0. The topological polar surface area (TPSA) is 114 Å². The van der Waals surface area contributed by atoms with Gasteiger partial charge in [0.2, 0.25) is 5.91 Å². The second-order valence-corrected chi connectivity index (χ2v) is 5.61. The summed E-state index contributed by atoms with van der Waals surface area (Å²) in [5.74, 6) is -1.61. The molecule has 1 heterocycles. The zero-order valence-corrected chi connectivity index (χ0v) is 12.9. The molecular formula is C15H18N4O4. The minimum absolute atomic E-state index is 0.107. The largest absolute Gasteiger partial charge is 0.480 e. The van der Waals surface area contributed by atoms with Crippen LogP contribution in [0.1, 0.15) is 26.3 Å². The van der Waals surface area contributed by atoms with Gasteiger partial charge in [0.25, 0.3) is 5.56 Å². The minimum Gasteiger partial charge on any atom is -0.480 e. The Kier molecular flexibility index (Phi) is 5.05. The van der Waals surface area contributed by atoms with Crippen LogP contribution in [0.4, 0.5) is 0 Å². The van der Waals surface area contributed by atoms with Crippen LogP contribution in [-0.2, 0) is 9.59 Å². The first-order valence-corrected chi connectivity index (χ1v) is 7.24. The normalized spacial score (nSPS) is 12.3. The van der Waals surface area contributed by atoms with Gasteiger partial charge in [-0.1, -0.05) is 31.2 Å². The number of nitrogens with one attached hydrogen (secondary N) is 1. The molecule has 0 bridgehead atoms. The first-order valence-electron chi connectivity index (χ1n) is 7.24. The number of amides is 1. The lowest BCUT2D eigenvalue weighted by molar-refractivity contribution is -0.138. The highest BCUT2D eigenvalue weighted by Crippen LogP contribution is 2.16. The fraction of sp³-hybridized carbons (Fsp3) is 0.400.